The maximum absolute atomic E-state index is 13.5. The highest BCUT2D eigenvalue weighted by Gasteiger charge is 2.35. The SMILES string of the molecule is CCOC(=O)OCON=[N+]([O-])N(CC)CC(=O)NS(=O)(=O)c1ccc(-n2nc(C(F)(F)F)cc2-c2ccc(C)cc2)cc1. The fourth-order valence-corrected chi connectivity index (χ4v) is 4.45. The average Bonchev–Trinajstić information content (AvgIpc) is 3.41. The first-order chi connectivity index (χ1) is 20.2. The first-order valence-electron chi connectivity index (χ1n) is 12.5. The summed E-state index contributed by atoms with van der Waals surface area (Å²) in [5.41, 5.74) is 0.470. The van der Waals surface area contributed by atoms with Crippen molar-refractivity contribution in [2.24, 2.45) is 5.28 Å². The molecule has 0 aliphatic carbocycles. The highest BCUT2D eigenvalue weighted by atomic mass is 32.2. The minimum atomic E-state index is -4.72. The van der Waals surface area contributed by atoms with E-state index in [-0.39, 0.29) is 34.4 Å². The fourth-order valence-electron chi connectivity index (χ4n) is 3.47. The van der Waals surface area contributed by atoms with E-state index < -0.39 is 47.3 Å². The van der Waals surface area contributed by atoms with Crippen molar-refractivity contribution in [1.82, 2.24) is 19.5 Å². The second kappa shape index (κ2) is 13.9. The van der Waals surface area contributed by atoms with Gasteiger partial charge in [-0.2, -0.15) is 18.3 Å². The van der Waals surface area contributed by atoms with Crippen LogP contribution in [-0.2, 0) is 35.3 Å². The number of hydrogen-bond donors (Lipinski definition) is 1. The number of nitrogens with one attached hydrogen (secondary N) is 1. The lowest BCUT2D eigenvalue weighted by atomic mass is 10.1. The first kappa shape index (κ1) is 32.6. The van der Waals surface area contributed by atoms with E-state index in [1.165, 1.54) is 19.1 Å². The Balaban J connectivity index is 1.73. The Hall–Kier alpha value is -4.87. The van der Waals surface area contributed by atoms with Gasteiger partial charge in [0.1, 0.15) is 0 Å². The van der Waals surface area contributed by atoms with Crippen LogP contribution < -0.4 is 4.72 Å². The normalized spacial score (nSPS) is 12.0. The molecule has 232 valence electrons. The summed E-state index contributed by atoms with van der Waals surface area (Å²) >= 11 is 0. The summed E-state index contributed by atoms with van der Waals surface area (Å²) < 4.78 is 77.7. The summed E-state index contributed by atoms with van der Waals surface area (Å²) in [6.45, 7) is 3.30. The molecule has 14 nitrogen and oxygen atoms in total. The van der Waals surface area contributed by atoms with Crippen LogP contribution in [0.5, 0.6) is 0 Å². The minimum absolute atomic E-state index is 0.0531. The van der Waals surface area contributed by atoms with Crippen molar-refractivity contribution in [3.8, 4) is 16.9 Å². The number of amides is 1. The third-order valence-electron chi connectivity index (χ3n) is 5.54. The Morgan fingerprint density at radius 2 is 1.74 bits per heavy atom. The number of nitrogens with zero attached hydrogens (tertiary/aromatic N) is 5. The van der Waals surface area contributed by atoms with Crippen LogP contribution >= 0.6 is 0 Å². The van der Waals surface area contributed by atoms with Crippen LogP contribution in [0.25, 0.3) is 16.9 Å². The van der Waals surface area contributed by atoms with Crippen LogP contribution in [0.3, 0.4) is 0 Å². The van der Waals surface area contributed by atoms with E-state index >= 15 is 0 Å². The van der Waals surface area contributed by atoms with E-state index in [0.717, 1.165) is 33.5 Å². The molecule has 0 bridgehead atoms. The number of carbonyl (C=O) groups excluding carboxylic acids is 2. The molecule has 0 aliphatic heterocycles. The number of aromatic nitrogens is 2. The lowest BCUT2D eigenvalue weighted by molar-refractivity contribution is -0.709. The van der Waals surface area contributed by atoms with Gasteiger partial charge >= 0.3 is 12.3 Å². The number of carbonyl (C=O) groups is 2. The molecule has 0 fully saturated rings. The number of rotatable bonds is 12. The number of sulfonamides is 1. The van der Waals surface area contributed by atoms with Crippen molar-refractivity contribution in [3.63, 3.8) is 0 Å². The van der Waals surface area contributed by atoms with Gasteiger partial charge in [-0.15, -0.1) is 5.01 Å². The lowest BCUT2D eigenvalue weighted by Crippen LogP contribution is -2.42. The van der Waals surface area contributed by atoms with Gasteiger partial charge in [0, 0.05) is 5.56 Å². The van der Waals surface area contributed by atoms with Gasteiger partial charge in [0.25, 0.3) is 22.7 Å². The summed E-state index contributed by atoms with van der Waals surface area (Å²) in [7, 11) is -4.45. The predicted octanol–water partition coefficient (Wildman–Crippen LogP) is 3.93. The van der Waals surface area contributed by atoms with E-state index in [1.54, 1.807) is 35.9 Å². The quantitative estimate of drug-likeness (QED) is 0.0775. The highest BCUT2D eigenvalue weighted by Crippen LogP contribution is 2.33. The maximum Gasteiger partial charge on any atom is 0.511 e. The molecule has 1 heterocycles. The molecule has 0 radical (unpaired) electrons. The average molecular weight is 629 g/mol. The zero-order chi connectivity index (χ0) is 31.8. The molecular weight excluding hydrogens is 601 g/mol. The van der Waals surface area contributed by atoms with E-state index in [0.29, 0.717) is 5.56 Å². The second-order valence-corrected chi connectivity index (χ2v) is 10.3. The molecule has 0 saturated carbocycles. The smallest absolute Gasteiger partial charge is 0.511 e. The molecule has 0 atom stereocenters. The van der Waals surface area contributed by atoms with Gasteiger partial charge < -0.3 is 19.5 Å². The number of aryl methyl sites for hydroxylation is 1. The van der Waals surface area contributed by atoms with Crippen LogP contribution in [0, 0.1) is 12.1 Å². The number of alkyl halides is 3. The Kier molecular flexibility index (Phi) is 10.5. The number of hydrogen-bond acceptors (Lipinski definition) is 10. The van der Waals surface area contributed by atoms with Crippen LogP contribution in [0.4, 0.5) is 18.0 Å². The first-order valence-corrected chi connectivity index (χ1v) is 14.0. The summed E-state index contributed by atoms with van der Waals surface area (Å²) in [6, 6.07) is 12.3. The van der Waals surface area contributed by atoms with Gasteiger partial charge in [-0.1, -0.05) is 29.8 Å². The molecule has 1 N–H and O–H groups in total. The topological polar surface area (TPSA) is 167 Å². The minimum Gasteiger partial charge on any atom is -0.569 e. The fraction of sp³-hybridized carbons (Fsp3) is 0.320. The zero-order valence-corrected chi connectivity index (χ0v) is 23.9. The van der Waals surface area contributed by atoms with Gasteiger partial charge in [-0.3, -0.25) is 4.79 Å². The molecule has 43 heavy (non-hydrogen) atoms. The van der Waals surface area contributed by atoms with Gasteiger partial charge in [-0.05, 0) is 51.1 Å². The molecule has 0 saturated heterocycles. The molecule has 0 spiro atoms. The van der Waals surface area contributed by atoms with Crippen molar-refractivity contribution in [1.29, 1.82) is 0 Å². The van der Waals surface area contributed by atoms with Crippen LogP contribution in [0.1, 0.15) is 25.1 Å². The number of likely N-dealkylation sites (N-methyl/N-ethyl adjacent to an activating group) is 1. The summed E-state index contributed by atoms with van der Waals surface area (Å²) in [5, 5.41) is 19.6. The highest BCUT2D eigenvalue weighted by molar-refractivity contribution is 7.90. The van der Waals surface area contributed by atoms with Crippen LogP contribution in [-0.4, -0.2) is 66.7 Å². The summed E-state index contributed by atoms with van der Waals surface area (Å²) in [5.74, 6) is -1.10. The van der Waals surface area contributed by atoms with Crippen molar-refractivity contribution in [3.05, 3.63) is 71.1 Å². The Morgan fingerprint density at radius 1 is 1.09 bits per heavy atom. The van der Waals surface area contributed by atoms with Crippen molar-refractivity contribution in [2.45, 2.75) is 31.8 Å². The Labute approximate surface area is 243 Å². The van der Waals surface area contributed by atoms with Crippen LogP contribution in [0.15, 0.2) is 64.8 Å². The van der Waals surface area contributed by atoms with E-state index in [4.69, 9.17) is 0 Å². The lowest BCUT2D eigenvalue weighted by Gasteiger charge is -2.16. The molecule has 2 aromatic carbocycles. The molecule has 0 unspecified atom stereocenters. The molecule has 1 amide bonds. The number of benzene rings is 2. The Morgan fingerprint density at radius 3 is 2.33 bits per heavy atom. The molecular formula is C25H27F3N6O8S. The number of halogens is 3. The molecule has 3 rings (SSSR count). The predicted molar refractivity (Wildman–Crippen MR) is 141 cm³/mol. The third-order valence-corrected chi connectivity index (χ3v) is 6.93. The third kappa shape index (κ3) is 8.81. The van der Waals surface area contributed by atoms with Crippen molar-refractivity contribution in [2.75, 3.05) is 26.5 Å². The van der Waals surface area contributed by atoms with Crippen molar-refractivity contribution < 1.29 is 50.5 Å². The number of hydrazine groups is 1. The van der Waals surface area contributed by atoms with Gasteiger partial charge in [0.15, 0.2) is 12.2 Å². The van der Waals surface area contributed by atoms with E-state index in [2.05, 4.69) is 24.7 Å². The monoisotopic (exact) mass is 628 g/mol. The van der Waals surface area contributed by atoms with E-state index in [9.17, 15) is 36.4 Å². The summed E-state index contributed by atoms with van der Waals surface area (Å²) in [4.78, 5) is 27.5. The zero-order valence-electron chi connectivity index (χ0n) is 23.1. The summed E-state index contributed by atoms with van der Waals surface area (Å²) in [6.07, 6.45) is -5.78. The molecule has 3 aromatic rings. The van der Waals surface area contributed by atoms with Crippen LogP contribution in [0.2, 0.25) is 0 Å². The van der Waals surface area contributed by atoms with Gasteiger partial charge in [-0.25, -0.2) is 22.6 Å². The molecule has 18 heteroatoms. The second-order valence-electron chi connectivity index (χ2n) is 8.60. The standard InChI is InChI=1S/C25H27F3N6O8S/c1-4-32(34(37)31-42-16-41-24(36)40-5-2)15-23(35)30-43(38,39)20-12-10-19(11-13-20)33-21(14-22(29-33)25(26,27)28)18-8-6-17(3)7-9-18/h6-14H,4-5,15-16H2,1-3H3,(H,30,35). The molecule has 0 aliphatic rings. The van der Waals surface area contributed by atoms with Gasteiger partial charge in [0.2, 0.25) is 5.28 Å². The molecule has 1 aromatic heterocycles. The van der Waals surface area contributed by atoms with E-state index in [1.807, 2.05) is 6.92 Å². The van der Waals surface area contributed by atoms with Crippen molar-refractivity contribution >= 4 is 22.1 Å². The van der Waals surface area contributed by atoms with Gasteiger partial charge in [0.05, 0.1) is 34.4 Å². The largest absolute Gasteiger partial charge is 0.569 e. The maximum atomic E-state index is 13.5. The number of ether oxygens (including phenoxy) is 2. The Bertz CT molecular complexity index is 1560.